The number of hydrogen-bond acceptors (Lipinski definition) is 9. The number of aliphatic hydroxyl groups excluding tert-OH is 1. The van der Waals surface area contributed by atoms with Gasteiger partial charge in [0, 0.05) is 16.2 Å². The second-order valence-electron chi connectivity index (χ2n) is 9.75. The van der Waals surface area contributed by atoms with Gasteiger partial charge in [0.2, 0.25) is 5.13 Å². The van der Waals surface area contributed by atoms with E-state index in [0.29, 0.717) is 32.9 Å². The molecule has 0 saturated carbocycles. The molecule has 1 aliphatic rings. The van der Waals surface area contributed by atoms with Gasteiger partial charge in [-0.25, -0.2) is 4.39 Å². The molecule has 0 spiro atoms. The fraction of sp³-hybridized carbons (Fsp3) is 0.125. The van der Waals surface area contributed by atoms with Gasteiger partial charge < -0.3 is 9.84 Å². The van der Waals surface area contributed by atoms with Crippen LogP contribution in [0.15, 0.2) is 100 Å². The van der Waals surface area contributed by atoms with Gasteiger partial charge in [0.25, 0.3) is 5.78 Å². The van der Waals surface area contributed by atoms with Crippen molar-refractivity contribution >= 4 is 57.0 Å². The van der Waals surface area contributed by atoms with Crippen LogP contribution in [0.2, 0.25) is 0 Å². The van der Waals surface area contributed by atoms with Crippen molar-refractivity contribution in [2.75, 3.05) is 4.90 Å². The number of halogens is 1. The van der Waals surface area contributed by atoms with Crippen molar-refractivity contribution in [2.45, 2.75) is 29.7 Å². The third-order valence-corrected chi connectivity index (χ3v) is 9.80. The van der Waals surface area contributed by atoms with E-state index < -0.39 is 17.7 Å². The maximum atomic E-state index is 13.4. The molecule has 5 aromatic rings. The van der Waals surface area contributed by atoms with Crippen LogP contribution in [0.1, 0.15) is 33.2 Å². The van der Waals surface area contributed by atoms with E-state index in [4.69, 9.17) is 4.74 Å². The molecule has 1 saturated heterocycles. The molecule has 1 fully saturated rings. The van der Waals surface area contributed by atoms with E-state index in [1.807, 2.05) is 42.6 Å². The van der Waals surface area contributed by atoms with Crippen molar-refractivity contribution in [3.8, 4) is 5.75 Å². The molecule has 0 bridgehead atoms. The number of Topliss-reactive ketones (excluding diaryl/α,β-unsaturated/α-hetero) is 1. The highest BCUT2D eigenvalue weighted by molar-refractivity contribution is 8.00. The van der Waals surface area contributed by atoms with Crippen LogP contribution in [-0.4, -0.2) is 27.0 Å². The second kappa shape index (κ2) is 12.5. The Morgan fingerprint density at radius 3 is 2.51 bits per heavy atom. The first kappa shape index (κ1) is 28.8. The Kier molecular flexibility index (Phi) is 8.37. The highest BCUT2D eigenvalue weighted by Crippen LogP contribution is 2.45. The van der Waals surface area contributed by atoms with Gasteiger partial charge in [-0.3, -0.25) is 14.5 Å². The lowest BCUT2D eigenvalue weighted by Crippen LogP contribution is -2.29. The van der Waals surface area contributed by atoms with E-state index in [-0.39, 0.29) is 22.3 Å². The number of aliphatic hydroxyl groups is 1. The number of nitrogens with zero attached hydrogens (tertiary/aromatic N) is 3. The van der Waals surface area contributed by atoms with Crippen molar-refractivity contribution < 1.29 is 23.8 Å². The molecule has 1 amide bonds. The molecule has 0 radical (unpaired) electrons. The number of aromatic nitrogens is 2. The van der Waals surface area contributed by atoms with E-state index in [0.717, 1.165) is 16.7 Å². The normalized spacial score (nSPS) is 16.1. The molecule has 1 atom stereocenters. The Labute approximate surface area is 259 Å². The van der Waals surface area contributed by atoms with Crippen molar-refractivity contribution in [1.82, 2.24) is 10.2 Å². The Hall–Kier alpha value is -4.32. The monoisotopic (exact) mass is 629 g/mol. The summed E-state index contributed by atoms with van der Waals surface area (Å²) in [5, 5.41) is 21.9. The predicted octanol–water partition coefficient (Wildman–Crippen LogP) is 7.54. The second-order valence-corrected chi connectivity index (χ2v) is 12.9. The number of ether oxygens (including phenoxy) is 1. The van der Waals surface area contributed by atoms with Gasteiger partial charge >= 0.3 is 5.91 Å². The minimum Gasteiger partial charge on any atom is -0.507 e. The molecule has 1 N–H and O–H groups in total. The van der Waals surface area contributed by atoms with Gasteiger partial charge in [-0.2, -0.15) is 0 Å². The van der Waals surface area contributed by atoms with Crippen molar-refractivity contribution in [2.24, 2.45) is 0 Å². The minimum atomic E-state index is -0.861. The molecule has 2 aromatic heterocycles. The number of rotatable bonds is 9. The lowest BCUT2D eigenvalue weighted by molar-refractivity contribution is -0.132. The van der Waals surface area contributed by atoms with E-state index in [2.05, 4.69) is 16.3 Å². The average molecular weight is 630 g/mol. The number of thiophene rings is 1. The summed E-state index contributed by atoms with van der Waals surface area (Å²) in [4.78, 5) is 28.8. The minimum absolute atomic E-state index is 0.0170. The smallest absolute Gasteiger partial charge is 0.301 e. The first-order chi connectivity index (χ1) is 20.9. The number of amides is 1. The van der Waals surface area contributed by atoms with Gasteiger partial charge in [-0.05, 0) is 65.9 Å². The quantitative estimate of drug-likeness (QED) is 0.0592. The van der Waals surface area contributed by atoms with Crippen LogP contribution < -0.4 is 9.64 Å². The highest BCUT2D eigenvalue weighted by Gasteiger charge is 2.48. The third-order valence-electron chi connectivity index (χ3n) is 6.75. The van der Waals surface area contributed by atoms with Gasteiger partial charge in [-0.15, -0.1) is 21.5 Å². The van der Waals surface area contributed by atoms with E-state index in [1.165, 1.54) is 51.5 Å². The molecule has 3 aromatic carbocycles. The molecule has 1 aliphatic heterocycles. The summed E-state index contributed by atoms with van der Waals surface area (Å²) >= 11 is 3.95. The average Bonchev–Trinajstić information content (AvgIpc) is 3.77. The summed E-state index contributed by atoms with van der Waals surface area (Å²) in [5.41, 5.74) is 3.46. The standard InChI is InChI=1S/C32H24FN3O4S3/c1-19-4-2-5-21(16-19)17-40-24-13-9-22(10-14-24)28(37)26-27(25-6-3-15-41-25)36(30(39)29(26)38)31-34-35-32(43-31)42-18-20-7-11-23(33)12-8-20/h2-16,27,37H,17-18H2,1H3/b28-26+. The van der Waals surface area contributed by atoms with Crippen LogP contribution in [0.4, 0.5) is 9.52 Å². The molecule has 0 aliphatic carbocycles. The van der Waals surface area contributed by atoms with Gasteiger partial charge in [0.1, 0.15) is 30.0 Å². The fourth-order valence-corrected chi connectivity index (χ4v) is 7.31. The van der Waals surface area contributed by atoms with Crippen LogP contribution in [0, 0.1) is 12.7 Å². The van der Waals surface area contributed by atoms with E-state index in [9.17, 15) is 19.1 Å². The number of anilines is 1. The Morgan fingerprint density at radius 2 is 1.79 bits per heavy atom. The summed E-state index contributed by atoms with van der Waals surface area (Å²) in [5.74, 6) is -1.03. The van der Waals surface area contributed by atoms with Crippen LogP contribution in [0.25, 0.3) is 5.76 Å². The van der Waals surface area contributed by atoms with E-state index in [1.54, 1.807) is 36.4 Å². The summed E-state index contributed by atoms with van der Waals surface area (Å²) in [7, 11) is 0. The number of carbonyl (C=O) groups excluding carboxylic acids is 2. The molecular weight excluding hydrogens is 606 g/mol. The lowest BCUT2D eigenvalue weighted by atomic mass is 10.00. The zero-order valence-corrected chi connectivity index (χ0v) is 25.2. The summed E-state index contributed by atoms with van der Waals surface area (Å²) in [6.45, 7) is 2.41. The van der Waals surface area contributed by atoms with Crippen LogP contribution in [0.3, 0.4) is 0 Å². The molecular formula is C32H24FN3O4S3. The first-order valence-corrected chi connectivity index (χ1v) is 15.9. The SMILES string of the molecule is Cc1cccc(COc2ccc(/C(O)=C3\C(=O)C(=O)N(c4nnc(SCc5ccc(F)cc5)s4)C3c3cccs3)cc2)c1. The maximum Gasteiger partial charge on any atom is 0.301 e. The van der Waals surface area contributed by atoms with Crippen molar-refractivity contribution in [3.63, 3.8) is 0 Å². The molecule has 216 valence electrons. The van der Waals surface area contributed by atoms with Gasteiger partial charge in [-0.1, -0.05) is 71.1 Å². The van der Waals surface area contributed by atoms with Crippen LogP contribution in [-0.2, 0) is 21.9 Å². The highest BCUT2D eigenvalue weighted by atomic mass is 32.2. The lowest BCUT2D eigenvalue weighted by Gasteiger charge is -2.20. The molecule has 43 heavy (non-hydrogen) atoms. The van der Waals surface area contributed by atoms with Gasteiger partial charge in [0.15, 0.2) is 4.34 Å². The largest absolute Gasteiger partial charge is 0.507 e. The molecule has 7 nitrogen and oxygen atoms in total. The predicted molar refractivity (Wildman–Crippen MR) is 167 cm³/mol. The zero-order valence-electron chi connectivity index (χ0n) is 22.8. The van der Waals surface area contributed by atoms with Crippen molar-refractivity contribution in [1.29, 1.82) is 0 Å². The number of thioether (sulfide) groups is 1. The topological polar surface area (TPSA) is 92.6 Å². The summed E-state index contributed by atoms with van der Waals surface area (Å²) < 4.78 is 19.7. The fourth-order valence-electron chi connectivity index (χ4n) is 4.66. The molecule has 1 unspecified atom stereocenters. The number of hydrogen-bond donors (Lipinski definition) is 1. The Bertz CT molecular complexity index is 1800. The number of carbonyl (C=O) groups is 2. The summed E-state index contributed by atoms with van der Waals surface area (Å²) in [6.07, 6.45) is 0. The number of benzene rings is 3. The van der Waals surface area contributed by atoms with Crippen LogP contribution >= 0.6 is 34.4 Å². The zero-order chi connectivity index (χ0) is 29.9. The molecule has 6 rings (SSSR count). The number of aryl methyl sites for hydroxylation is 1. The molecule has 11 heteroatoms. The molecule has 3 heterocycles. The first-order valence-electron chi connectivity index (χ1n) is 13.2. The van der Waals surface area contributed by atoms with Crippen LogP contribution in [0.5, 0.6) is 5.75 Å². The Morgan fingerprint density at radius 1 is 1.00 bits per heavy atom. The number of ketones is 1. The maximum absolute atomic E-state index is 13.4. The van der Waals surface area contributed by atoms with Gasteiger partial charge in [0.05, 0.1) is 5.57 Å². The van der Waals surface area contributed by atoms with E-state index >= 15 is 0 Å². The third kappa shape index (κ3) is 6.24. The summed E-state index contributed by atoms with van der Waals surface area (Å²) in [6, 6.07) is 23.8. The Balaban J connectivity index is 1.25. The van der Waals surface area contributed by atoms with Crippen molar-refractivity contribution in [3.05, 3.63) is 129 Å².